The first-order valence-electron chi connectivity index (χ1n) is 7.77. The van der Waals surface area contributed by atoms with Crippen molar-refractivity contribution in [2.24, 2.45) is 11.3 Å². The average molecular weight is 318 g/mol. The van der Waals surface area contributed by atoms with Gasteiger partial charge in [0.2, 0.25) is 0 Å². The van der Waals surface area contributed by atoms with E-state index in [9.17, 15) is 19.2 Å². The molecule has 0 aliphatic carbocycles. The zero-order valence-electron chi connectivity index (χ0n) is 13.7. The van der Waals surface area contributed by atoms with Crippen molar-refractivity contribution in [3.8, 4) is 0 Å². The highest BCUT2D eigenvalue weighted by molar-refractivity contribution is 6.13. The summed E-state index contributed by atoms with van der Waals surface area (Å²) in [6, 6.07) is 0. The molecule has 0 N–H and O–H groups in total. The van der Waals surface area contributed by atoms with E-state index in [0.29, 0.717) is 19.5 Å². The second-order valence-electron chi connectivity index (χ2n) is 7.02. The number of rotatable bonds is 7. The van der Waals surface area contributed by atoms with Gasteiger partial charge in [0.05, 0.1) is 0 Å². The van der Waals surface area contributed by atoms with Crippen molar-refractivity contribution in [1.29, 1.82) is 0 Å². The number of nitrogens with zero attached hydrogens (tertiary/aromatic N) is 2. The van der Waals surface area contributed by atoms with Gasteiger partial charge in [0.15, 0.2) is 0 Å². The molecular formula is C17H22N2O4. The molecular weight excluding hydrogens is 296 g/mol. The summed E-state index contributed by atoms with van der Waals surface area (Å²) >= 11 is 0. The van der Waals surface area contributed by atoms with Gasteiger partial charge < -0.3 is 0 Å². The minimum Gasteiger partial charge on any atom is -0.275 e. The third-order valence-corrected chi connectivity index (χ3v) is 4.13. The van der Waals surface area contributed by atoms with Gasteiger partial charge in [-0.15, -0.1) is 0 Å². The molecule has 0 saturated heterocycles. The molecule has 0 aromatic rings. The Morgan fingerprint density at radius 3 is 1.78 bits per heavy atom. The van der Waals surface area contributed by atoms with Gasteiger partial charge in [0, 0.05) is 37.4 Å². The van der Waals surface area contributed by atoms with Crippen molar-refractivity contribution in [2.75, 3.05) is 13.1 Å². The van der Waals surface area contributed by atoms with Crippen LogP contribution in [0.3, 0.4) is 0 Å². The molecule has 0 saturated carbocycles. The highest BCUT2D eigenvalue weighted by atomic mass is 16.2. The molecule has 124 valence electrons. The van der Waals surface area contributed by atoms with Gasteiger partial charge >= 0.3 is 0 Å². The summed E-state index contributed by atoms with van der Waals surface area (Å²) in [7, 11) is 0. The summed E-state index contributed by atoms with van der Waals surface area (Å²) in [5.74, 6) is -0.807. The van der Waals surface area contributed by atoms with E-state index in [2.05, 4.69) is 0 Å². The molecule has 0 aromatic carbocycles. The summed E-state index contributed by atoms with van der Waals surface area (Å²) in [4.78, 5) is 48.8. The maximum Gasteiger partial charge on any atom is 0.253 e. The van der Waals surface area contributed by atoms with Crippen LogP contribution in [-0.4, -0.2) is 46.5 Å². The van der Waals surface area contributed by atoms with Gasteiger partial charge in [0.1, 0.15) is 0 Å². The Labute approximate surface area is 135 Å². The zero-order valence-corrected chi connectivity index (χ0v) is 13.7. The number of imide groups is 2. The predicted molar refractivity (Wildman–Crippen MR) is 83.9 cm³/mol. The Balaban J connectivity index is 1.82. The largest absolute Gasteiger partial charge is 0.275 e. The van der Waals surface area contributed by atoms with Crippen LogP contribution >= 0.6 is 0 Å². The van der Waals surface area contributed by atoms with Crippen LogP contribution in [0.1, 0.15) is 33.6 Å². The Kier molecular flexibility index (Phi) is 4.82. The van der Waals surface area contributed by atoms with Crippen molar-refractivity contribution >= 4 is 23.6 Å². The number of amides is 4. The molecule has 0 bridgehead atoms. The monoisotopic (exact) mass is 318 g/mol. The van der Waals surface area contributed by atoms with E-state index in [4.69, 9.17) is 0 Å². The molecule has 0 unspecified atom stereocenters. The van der Waals surface area contributed by atoms with E-state index in [-0.39, 0.29) is 35.0 Å². The normalized spacial score (nSPS) is 19.4. The molecule has 0 radical (unpaired) electrons. The van der Waals surface area contributed by atoms with Gasteiger partial charge in [-0.3, -0.25) is 29.0 Å². The number of carbonyl (C=O) groups is 4. The summed E-state index contributed by atoms with van der Waals surface area (Å²) in [5.41, 5.74) is -0.228. The first-order valence-corrected chi connectivity index (χ1v) is 7.77. The molecule has 2 rings (SSSR count). The minimum atomic E-state index is -0.268. The van der Waals surface area contributed by atoms with Crippen LogP contribution in [0, 0.1) is 11.3 Å². The first-order chi connectivity index (χ1) is 10.7. The van der Waals surface area contributed by atoms with E-state index in [1.54, 1.807) is 0 Å². The van der Waals surface area contributed by atoms with Crippen LogP contribution in [0.5, 0.6) is 0 Å². The Hall–Kier alpha value is -2.24. The van der Waals surface area contributed by atoms with Gasteiger partial charge in [-0.2, -0.15) is 0 Å². The molecule has 0 aromatic heterocycles. The van der Waals surface area contributed by atoms with Gasteiger partial charge in [-0.25, -0.2) is 0 Å². The number of hydrogen-bond donors (Lipinski definition) is 0. The lowest BCUT2D eigenvalue weighted by molar-refractivity contribution is -0.139. The zero-order chi connectivity index (χ0) is 17.2. The SMILES string of the molecule is C[C@H](CCN1C(=O)C=CC1=O)CC(C)(C)CN1C(=O)C=CC1=O. The average Bonchev–Trinajstić information content (AvgIpc) is 2.93. The molecule has 1 atom stereocenters. The lowest BCUT2D eigenvalue weighted by atomic mass is 9.81. The fourth-order valence-electron chi connectivity index (χ4n) is 3.13. The van der Waals surface area contributed by atoms with Gasteiger partial charge in [-0.1, -0.05) is 20.8 Å². The predicted octanol–water partition coefficient (Wildman–Crippen LogP) is 1.28. The standard InChI is InChI=1S/C17H22N2O4/c1-12(8-9-18-13(20)4-5-14(18)21)10-17(2,3)11-19-15(22)6-7-16(19)23/h4-7,12H,8-11H2,1-3H3/t12-/m1/s1. The fraction of sp³-hybridized carbons (Fsp3) is 0.529. The summed E-state index contributed by atoms with van der Waals surface area (Å²) in [6.45, 7) is 6.83. The molecule has 6 heteroatoms. The molecule has 0 fully saturated rings. The lowest BCUT2D eigenvalue weighted by Crippen LogP contribution is -2.39. The van der Waals surface area contributed by atoms with Crippen molar-refractivity contribution in [3.63, 3.8) is 0 Å². The highest BCUT2D eigenvalue weighted by Gasteiger charge is 2.32. The topological polar surface area (TPSA) is 74.8 Å². The lowest BCUT2D eigenvalue weighted by Gasteiger charge is -2.32. The van der Waals surface area contributed by atoms with Crippen molar-refractivity contribution in [2.45, 2.75) is 33.6 Å². The first kappa shape index (κ1) is 17.1. The quantitative estimate of drug-likeness (QED) is 0.663. The molecule has 0 spiro atoms. The molecule has 4 amide bonds. The second kappa shape index (κ2) is 6.48. The second-order valence-corrected chi connectivity index (χ2v) is 7.02. The van der Waals surface area contributed by atoms with E-state index in [1.165, 1.54) is 34.1 Å². The van der Waals surface area contributed by atoms with Gasteiger partial charge in [0.25, 0.3) is 23.6 Å². The van der Waals surface area contributed by atoms with Crippen LogP contribution in [0.4, 0.5) is 0 Å². The van der Waals surface area contributed by atoms with Crippen LogP contribution in [-0.2, 0) is 19.2 Å². The number of hydrogen-bond acceptors (Lipinski definition) is 4. The minimum absolute atomic E-state index is 0.228. The third kappa shape index (κ3) is 4.15. The number of carbonyl (C=O) groups excluding carboxylic acids is 4. The van der Waals surface area contributed by atoms with E-state index in [1.807, 2.05) is 20.8 Å². The summed E-state index contributed by atoms with van der Waals surface area (Å²) in [5, 5.41) is 0. The summed E-state index contributed by atoms with van der Waals surface area (Å²) < 4.78 is 0. The van der Waals surface area contributed by atoms with Crippen molar-refractivity contribution in [3.05, 3.63) is 24.3 Å². The molecule has 6 nitrogen and oxygen atoms in total. The maximum absolute atomic E-state index is 11.6. The van der Waals surface area contributed by atoms with Gasteiger partial charge in [-0.05, 0) is 24.2 Å². The highest BCUT2D eigenvalue weighted by Crippen LogP contribution is 2.29. The van der Waals surface area contributed by atoms with Crippen molar-refractivity contribution in [1.82, 2.24) is 9.80 Å². The molecule has 2 aliphatic rings. The van der Waals surface area contributed by atoms with Crippen LogP contribution < -0.4 is 0 Å². The summed E-state index contributed by atoms with van der Waals surface area (Å²) in [6.07, 6.45) is 6.64. The molecule has 2 aliphatic heterocycles. The fourth-order valence-corrected chi connectivity index (χ4v) is 3.13. The third-order valence-electron chi connectivity index (χ3n) is 4.13. The Morgan fingerprint density at radius 1 is 0.870 bits per heavy atom. The Morgan fingerprint density at radius 2 is 1.30 bits per heavy atom. The van der Waals surface area contributed by atoms with E-state index >= 15 is 0 Å². The van der Waals surface area contributed by atoms with Crippen molar-refractivity contribution < 1.29 is 19.2 Å². The van der Waals surface area contributed by atoms with Crippen LogP contribution in [0.25, 0.3) is 0 Å². The Bertz CT molecular complexity index is 568. The van der Waals surface area contributed by atoms with Crippen LogP contribution in [0.2, 0.25) is 0 Å². The van der Waals surface area contributed by atoms with E-state index in [0.717, 1.165) is 6.42 Å². The maximum atomic E-state index is 11.6. The molecule has 23 heavy (non-hydrogen) atoms. The van der Waals surface area contributed by atoms with E-state index < -0.39 is 0 Å². The smallest absolute Gasteiger partial charge is 0.253 e. The molecule has 2 heterocycles. The van der Waals surface area contributed by atoms with Crippen LogP contribution in [0.15, 0.2) is 24.3 Å².